The van der Waals surface area contributed by atoms with Gasteiger partial charge in [0.05, 0.1) is 17.6 Å². The highest BCUT2D eigenvalue weighted by Gasteiger charge is 2.11. The first-order valence-electron chi connectivity index (χ1n) is 6.25. The Labute approximate surface area is 112 Å². The van der Waals surface area contributed by atoms with Crippen LogP contribution in [-0.4, -0.2) is 42.9 Å². The van der Waals surface area contributed by atoms with Crippen LogP contribution in [0.25, 0.3) is 0 Å². The SMILES string of the molecule is COCC(O)CCNCCc1ccccc1[N+](=O)[O-]. The maximum atomic E-state index is 10.8. The molecule has 0 heterocycles. The van der Waals surface area contributed by atoms with Crippen molar-refractivity contribution in [3.05, 3.63) is 39.9 Å². The second-order valence-electron chi connectivity index (χ2n) is 4.28. The number of hydrogen-bond acceptors (Lipinski definition) is 5. The number of nitrogens with one attached hydrogen (secondary N) is 1. The molecule has 0 saturated heterocycles. The highest BCUT2D eigenvalue weighted by Crippen LogP contribution is 2.17. The highest BCUT2D eigenvalue weighted by atomic mass is 16.6. The van der Waals surface area contributed by atoms with Crippen LogP contribution in [0.2, 0.25) is 0 Å². The van der Waals surface area contributed by atoms with Crippen LogP contribution in [0.15, 0.2) is 24.3 Å². The first kappa shape index (κ1) is 15.6. The van der Waals surface area contributed by atoms with Gasteiger partial charge in [-0.1, -0.05) is 18.2 Å². The Kier molecular flexibility index (Phi) is 7.02. The molecule has 2 N–H and O–H groups in total. The maximum Gasteiger partial charge on any atom is 0.272 e. The quantitative estimate of drug-likeness (QED) is 0.398. The molecule has 6 heteroatoms. The van der Waals surface area contributed by atoms with E-state index in [0.717, 1.165) is 5.56 Å². The summed E-state index contributed by atoms with van der Waals surface area (Å²) in [4.78, 5) is 10.4. The summed E-state index contributed by atoms with van der Waals surface area (Å²) in [7, 11) is 1.55. The van der Waals surface area contributed by atoms with Gasteiger partial charge in [0.2, 0.25) is 0 Å². The lowest BCUT2D eigenvalue weighted by Crippen LogP contribution is -2.25. The van der Waals surface area contributed by atoms with Gasteiger partial charge in [0.15, 0.2) is 0 Å². The van der Waals surface area contributed by atoms with Crippen LogP contribution in [0.3, 0.4) is 0 Å². The topological polar surface area (TPSA) is 84.6 Å². The fourth-order valence-electron chi connectivity index (χ4n) is 1.79. The molecule has 0 aliphatic heterocycles. The molecule has 1 aromatic rings. The summed E-state index contributed by atoms with van der Waals surface area (Å²) in [5, 5.41) is 23.4. The van der Waals surface area contributed by atoms with E-state index in [2.05, 4.69) is 5.32 Å². The molecule has 0 bridgehead atoms. The minimum atomic E-state index is -0.469. The van der Waals surface area contributed by atoms with Gasteiger partial charge in [0.1, 0.15) is 0 Å². The second-order valence-corrected chi connectivity index (χ2v) is 4.28. The number of benzene rings is 1. The summed E-state index contributed by atoms with van der Waals surface area (Å²) < 4.78 is 4.82. The molecule has 0 aliphatic rings. The summed E-state index contributed by atoms with van der Waals surface area (Å²) in [5.41, 5.74) is 0.876. The molecule has 0 saturated carbocycles. The molecule has 0 aliphatic carbocycles. The van der Waals surface area contributed by atoms with Gasteiger partial charge in [-0.3, -0.25) is 10.1 Å². The average Bonchev–Trinajstić information content (AvgIpc) is 2.39. The second kappa shape index (κ2) is 8.58. The monoisotopic (exact) mass is 268 g/mol. The summed E-state index contributed by atoms with van der Waals surface area (Å²) in [5.74, 6) is 0. The van der Waals surface area contributed by atoms with E-state index in [1.165, 1.54) is 6.07 Å². The number of aliphatic hydroxyl groups is 1. The number of nitro benzene ring substituents is 1. The van der Waals surface area contributed by atoms with E-state index in [-0.39, 0.29) is 10.6 Å². The number of rotatable bonds is 9. The van der Waals surface area contributed by atoms with Crippen molar-refractivity contribution in [2.45, 2.75) is 18.9 Å². The molecule has 106 valence electrons. The summed E-state index contributed by atoms with van der Waals surface area (Å²) in [6, 6.07) is 6.73. The Morgan fingerprint density at radius 3 is 2.84 bits per heavy atom. The summed E-state index contributed by atoms with van der Waals surface area (Å²) in [6.07, 6.45) is 0.728. The fourth-order valence-corrected chi connectivity index (χ4v) is 1.79. The van der Waals surface area contributed by atoms with Crippen LogP contribution in [0.4, 0.5) is 5.69 Å². The van der Waals surface area contributed by atoms with Gasteiger partial charge >= 0.3 is 0 Å². The van der Waals surface area contributed by atoms with Crippen molar-refractivity contribution in [3.8, 4) is 0 Å². The van der Waals surface area contributed by atoms with Gasteiger partial charge in [-0.25, -0.2) is 0 Å². The normalized spacial score (nSPS) is 12.3. The Balaban J connectivity index is 2.28. The Morgan fingerprint density at radius 2 is 2.16 bits per heavy atom. The third-order valence-corrected chi connectivity index (χ3v) is 2.77. The Morgan fingerprint density at radius 1 is 1.42 bits per heavy atom. The summed E-state index contributed by atoms with van der Waals surface area (Å²) in [6.45, 7) is 1.63. The van der Waals surface area contributed by atoms with Crippen LogP contribution in [-0.2, 0) is 11.2 Å². The van der Waals surface area contributed by atoms with Gasteiger partial charge in [-0.15, -0.1) is 0 Å². The van der Waals surface area contributed by atoms with E-state index in [0.29, 0.717) is 32.5 Å². The van der Waals surface area contributed by atoms with E-state index in [4.69, 9.17) is 4.74 Å². The van der Waals surface area contributed by atoms with Gasteiger partial charge in [-0.2, -0.15) is 0 Å². The van der Waals surface area contributed by atoms with E-state index in [1.54, 1.807) is 25.3 Å². The molecular weight excluding hydrogens is 248 g/mol. The van der Waals surface area contributed by atoms with Crippen LogP contribution in [0.5, 0.6) is 0 Å². The molecule has 0 amide bonds. The zero-order chi connectivity index (χ0) is 14.1. The minimum absolute atomic E-state index is 0.156. The lowest BCUT2D eigenvalue weighted by Gasteiger charge is -2.10. The van der Waals surface area contributed by atoms with Crippen molar-refractivity contribution in [1.29, 1.82) is 0 Å². The highest BCUT2D eigenvalue weighted by molar-refractivity contribution is 5.39. The summed E-state index contributed by atoms with van der Waals surface area (Å²) >= 11 is 0. The number of aliphatic hydroxyl groups excluding tert-OH is 1. The van der Waals surface area contributed by atoms with Gasteiger partial charge in [0, 0.05) is 18.7 Å². The minimum Gasteiger partial charge on any atom is -0.391 e. The predicted octanol–water partition coefficient (Wildman–Crippen LogP) is 1.12. The molecule has 0 fully saturated rings. The van der Waals surface area contributed by atoms with Crippen LogP contribution < -0.4 is 5.32 Å². The molecule has 0 aromatic heterocycles. The van der Waals surface area contributed by atoms with Crippen LogP contribution >= 0.6 is 0 Å². The van der Waals surface area contributed by atoms with Crippen molar-refractivity contribution in [2.75, 3.05) is 26.8 Å². The maximum absolute atomic E-state index is 10.8. The first-order chi connectivity index (χ1) is 9.15. The van der Waals surface area contributed by atoms with Crippen molar-refractivity contribution in [1.82, 2.24) is 5.32 Å². The third-order valence-electron chi connectivity index (χ3n) is 2.77. The van der Waals surface area contributed by atoms with E-state index in [1.807, 2.05) is 0 Å². The molecular formula is C13H20N2O4. The largest absolute Gasteiger partial charge is 0.391 e. The zero-order valence-corrected chi connectivity index (χ0v) is 11.0. The smallest absolute Gasteiger partial charge is 0.272 e. The Hall–Kier alpha value is -1.50. The standard InChI is InChI=1S/C13H20N2O4/c1-19-10-12(16)7-9-14-8-6-11-4-2-3-5-13(11)15(17)18/h2-5,12,14,16H,6-10H2,1H3. The number of hydrogen-bond donors (Lipinski definition) is 2. The number of methoxy groups -OCH3 is 1. The molecule has 1 unspecified atom stereocenters. The number of para-hydroxylation sites is 1. The van der Waals surface area contributed by atoms with Crippen LogP contribution in [0, 0.1) is 10.1 Å². The van der Waals surface area contributed by atoms with Gasteiger partial charge in [0.25, 0.3) is 5.69 Å². The lowest BCUT2D eigenvalue weighted by atomic mass is 10.1. The van der Waals surface area contributed by atoms with Crippen molar-refractivity contribution >= 4 is 5.69 Å². The number of ether oxygens (including phenoxy) is 1. The van der Waals surface area contributed by atoms with Gasteiger partial charge in [-0.05, 0) is 25.9 Å². The number of nitro groups is 1. The van der Waals surface area contributed by atoms with Gasteiger partial charge < -0.3 is 15.2 Å². The molecule has 1 atom stereocenters. The van der Waals surface area contributed by atoms with Crippen molar-refractivity contribution in [2.24, 2.45) is 0 Å². The van der Waals surface area contributed by atoms with E-state index >= 15 is 0 Å². The third kappa shape index (κ3) is 5.78. The molecule has 0 radical (unpaired) electrons. The Bertz CT molecular complexity index is 398. The first-order valence-corrected chi connectivity index (χ1v) is 6.25. The van der Waals surface area contributed by atoms with Crippen molar-refractivity contribution in [3.63, 3.8) is 0 Å². The van der Waals surface area contributed by atoms with E-state index < -0.39 is 6.10 Å². The molecule has 19 heavy (non-hydrogen) atoms. The lowest BCUT2D eigenvalue weighted by molar-refractivity contribution is -0.385. The molecule has 0 spiro atoms. The molecule has 1 rings (SSSR count). The number of nitrogens with zero attached hydrogens (tertiary/aromatic N) is 1. The van der Waals surface area contributed by atoms with E-state index in [9.17, 15) is 15.2 Å². The molecule has 6 nitrogen and oxygen atoms in total. The van der Waals surface area contributed by atoms with Crippen LogP contribution in [0.1, 0.15) is 12.0 Å². The van der Waals surface area contributed by atoms with Crippen molar-refractivity contribution < 1.29 is 14.8 Å². The zero-order valence-electron chi connectivity index (χ0n) is 11.0. The fraction of sp³-hybridized carbons (Fsp3) is 0.538. The molecule has 1 aromatic carbocycles. The predicted molar refractivity (Wildman–Crippen MR) is 72.2 cm³/mol. The average molecular weight is 268 g/mol.